The SMILES string of the molecule is COc1ccc(NC2CCC(C)C(C)C2)c(OC)c1. The zero-order valence-corrected chi connectivity index (χ0v) is 12.4. The number of ether oxygens (including phenoxy) is 2. The molecule has 3 atom stereocenters. The fraction of sp³-hybridized carbons (Fsp3) is 0.625. The van der Waals surface area contributed by atoms with Crippen LogP contribution >= 0.6 is 0 Å². The van der Waals surface area contributed by atoms with Crippen LogP contribution in [0.3, 0.4) is 0 Å². The van der Waals surface area contributed by atoms with Gasteiger partial charge in [0.2, 0.25) is 0 Å². The minimum Gasteiger partial charge on any atom is -0.497 e. The third-order valence-electron chi connectivity index (χ3n) is 4.37. The Morgan fingerprint density at radius 3 is 2.47 bits per heavy atom. The summed E-state index contributed by atoms with van der Waals surface area (Å²) in [5.74, 6) is 3.31. The van der Waals surface area contributed by atoms with E-state index in [1.54, 1.807) is 14.2 Å². The van der Waals surface area contributed by atoms with E-state index in [9.17, 15) is 0 Å². The molecule has 0 saturated heterocycles. The highest BCUT2D eigenvalue weighted by atomic mass is 16.5. The van der Waals surface area contributed by atoms with E-state index in [0.717, 1.165) is 29.0 Å². The Morgan fingerprint density at radius 2 is 1.84 bits per heavy atom. The number of nitrogens with one attached hydrogen (secondary N) is 1. The van der Waals surface area contributed by atoms with Crippen LogP contribution in [0.15, 0.2) is 18.2 Å². The molecule has 0 heterocycles. The van der Waals surface area contributed by atoms with Gasteiger partial charge in [0.25, 0.3) is 0 Å². The molecule has 1 aliphatic rings. The minimum absolute atomic E-state index is 0.550. The van der Waals surface area contributed by atoms with Crippen molar-refractivity contribution in [3.63, 3.8) is 0 Å². The molecule has 1 N–H and O–H groups in total. The van der Waals surface area contributed by atoms with Crippen LogP contribution in [0.25, 0.3) is 0 Å². The second-order valence-corrected chi connectivity index (χ2v) is 5.68. The van der Waals surface area contributed by atoms with Crippen molar-refractivity contribution in [2.75, 3.05) is 19.5 Å². The molecule has 2 rings (SSSR count). The molecule has 1 fully saturated rings. The van der Waals surface area contributed by atoms with E-state index in [0.29, 0.717) is 6.04 Å². The second kappa shape index (κ2) is 6.18. The molecule has 1 saturated carbocycles. The van der Waals surface area contributed by atoms with Gasteiger partial charge in [-0.1, -0.05) is 13.8 Å². The van der Waals surface area contributed by atoms with E-state index in [1.807, 2.05) is 18.2 Å². The van der Waals surface area contributed by atoms with Crippen LogP contribution in [-0.2, 0) is 0 Å². The topological polar surface area (TPSA) is 30.5 Å². The lowest BCUT2D eigenvalue weighted by Gasteiger charge is -2.33. The molecule has 0 aliphatic heterocycles. The van der Waals surface area contributed by atoms with Crippen LogP contribution in [0.1, 0.15) is 33.1 Å². The van der Waals surface area contributed by atoms with Crippen molar-refractivity contribution in [1.29, 1.82) is 0 Å². The lowest BCUT2D eigenvalue weighted by Crippen LogP contribution is -2.30. The van der Waals surface area contributed by atoms with Crippen molar-refractivity contribution in [3.8, 4) is 11.5 Å². The summed E-state index contributed by atoms with van der Waals surface area (Å²) in [5, 5.41) is 3.62. The first kappa shape index (κ1) is 14.0. The molecule has 1 aliphatic carbocycles. The highest BCUT2D eigenvalue weighted by Crippen LogP contribution is 2.34. The number of hydrogen-bond donors (Lipinski definition) is 1. The van der Waals surface area contributed by atoms with Crippen LogP contribution in [0.4, 0.5) is 5.69 Å². The van der Waals surface area contributed by atoms with Crippen LogP contribution in [0, 0.1) is 11.8 Å². The van der Waals surface area contributed by atoms with E-state index in [2.05, 4.69) is 19.2 Å². The fourth-order valence-electron chi connectivity index (χ4n) is 2.82. The largest absolute Gasteiger partial charge is 0.497 e. The van der Waals surface area contributed by atoms with Gasteiger partial charge in [-0.15, -0.1) is 0 Å². The van der Waals surface area contributed by atoms with E-state index < -0.39 is 0 Å². The van der Waals surface area contributed by atoms with Crippen LogP contribution < -0.4 is 14.8 Å². The first-order valence-corrected chi connectivity index (χ1v) is 7.12. The molecule has 0 amide bonds. The molecule has 0 bridgehead atoms. The van der Waals surface area contributed by atoms with Gasteiger partial charge in [0.15, 0.2) is 0 Å². The summed E-state index contributed by atoms with van der Waals surface area (Å²) in [5.41, 5.74) is 1.06. The van der Waals surface area contributed by atoms with Gasteiger partial charge in [-0.25, -0.2) is 0 Å². The molecular weight excluding hydrogens is 238 g/mol. The molecular formula is C16H25NO2. The van der Waals surface area contributed by atoms with Gasteiger partial charge in [-0.2, -0.15) is 0 Å². The maximum atomic E-state index is 5.43. The Balaban J connectivity index is 2.06. The molecule has 3 heteroatoms. The van der Waals surface area contributed by atoms with Crippen molar-refractivity contribution in [2.45, 2.75) is 39.2 Å². The van der Waals surface area contributed by atoms with Gasteiger partial charge in [0.05, 0.1) is 19.9 Å². The van der Waals surface area contributed by atoms with Crippen molar-refractivity contribution in [3.05, 3.63) is 18.2 Å². The number of benzene rings is 1. The van der Waals surface area contributed by atoms with Crippen molar-refractivity contribution >= 4 is 5.69 Å². The Bertz CT molecular complexity index is 419. The maximum absolute atomic E-state index is 5.43. The van der Waals surface area contributed by atoms with Gasteiger partial charge in [0.1, 0.15) is 11.5 Å². The van der Waals surface area contributed by atoms with Crippen LogP contribution in [0.5, 0.6) is 11.5 Å². The predicted molar refractivity (Wildman–Crippen MR) is 79.1 cm³/mol. The van der Waals surface area contributed by atoms with Gasteiger partial charge in [0, 0.05) is 12.1 Å². The smallest absolute Gasteiger partial charge is 0.145 e. The molecule has 1 aromatic rings. The molecule has 3 nitrogen and oxygen atoms in total. The summed E-state index contributed by atoms with van der Waals surface area (Å²) in [6.07, 6.45) is 3.77. The molecule has 0 spiro atoms. The first-order chi connectivity index (χ1) is 9.13. The molecule has 106 valence electrons. The van der Waals surface area contributed by atoms with Crippen LogP contribution in [-0.4, -0.2) is 20.3 Å². The fourth-order valence-corrected chi connectivity index (χ4v) is 2.82. The molecule has 3 unspecified atom stereocenters. The lowest BCUT2D eigenvalue weighted by atomic mass is 9.79. The van der Waals surface area contributed by atoms with Gasteiger partial charge in [-0.3, -0.25) is 0 Å². The van der Waals surface area contributed by atoms with Crippen molar-refractivity contribution < 1.29 is 9.47 Å². The van der Waals surface area contributed by atoms with E-state index >= 15 is 0 Å². The third kappa shape index (κ3) is 3.34. The van der Waals surface area contributed by atoms with Gasteiger partial charge >= 0.3 is 0 Å². The Morgan fingerprint density at radius 1 is 1.05 bits per heavy atom. The van der Waals surface area contributed by atoms with Gasteiger partial charge < -0.3 is 14.8 Å². The Hall–Kier alpha value is -1.38. The summed E-state index contributed by atoms with van der Waals surface area (Å²) >= 11 is 0. The molecule has 1 aromatic carbocycles. The summed E-state index contributed by atoms with van der Waals surface area (Å²) in [4.78, 5) is 0. The Labute approximate surface area is 116 Å². The molecule has 19 heavy (non-hydrogen) atoms. The second-order valence-electron chi connectivity index (χ2n) is 5.68. The summed E-state index contributed by atoms with van der Waals surface area (Å²) in [7, 11) is 3.37. The zero-order valence-electron chi connectivity index (χ0n) is 12.4. The number of methoxy groups -OCH3 is 2. The summed E-state index contributed by atoms with van der Waals surface area (Å²) in [6, 6.07) is 6.49. The zero-order chi connectivity index (χ0) is 13.8. The normalized spacial score (nSPS) is 26.8. The predicted octanol–water partition coefficient (Wildman–Crippen LogP) is 3.94. The third-order valence-corrected chi connectivity index (χ3v) is 4.37. The van der Waals surface area contributed by atoms with E-state index in [-0.39, 0.29) is 0 Å². The highest BCUT2D eigenvalue weighted by Gasteiger charge is 2.24. The average Bonchev–Trinajstić information content (AvgIpc) is 2.43. The lowest BCUT2D eigenvalue weighted by molar-refractivity contribution is 0.260. The summed E-state index contributed by atoms with van der Waals surface area (Å²) < 4.78 is 10.7. The number of rotatable bonds is 4. The maximum Gasteiger partial charge on any atom is 0.145 e. The number of anilines is 1. The molecule has 0 aromatic heterocycles. The van der Waals surface area contributed by atoms with Crippen molar-refractivity contribution in [1.82, 2.24) is 0 Å². The highest BCUT2D eigenvalue weighted by molar-refractivity contribution is 5.59. The Kier molecular flexibility index (Phi) is 4.56. The quantitative estimate of drug-likeness (QED) is 0.892. The monoisotopic (exact) mass is 263 g/mol. The van der Waals surface area contributed by atoms with E-state index in [4.69, 9.17) is 9.47 Å². The number of hydrogen-bond acceptors (Lipinski definition) is 3. The van der Waals surface area contributed by atoms with E-state index in [1.165, 1.54) is 19.3 Å². The van der Waals surface area contributed by atoms with Gasteiger partial charge in [-0.05, 0) is 43.2 Å². The molecule has 0 radical (unpaired) electrons. The van der Waals surface area contributed by atoms with Crippen molar-refractivity contribution in [2.24, 2.45) is 11.8 Å². The standard InChI is InChI=1S/C16H25NO2/c1-11-5-6-13(9-12(11)2)17-15-8-7-14(18-3)10-16(15)19-4/h7-8,10-13,17H,5-6,9H2,1-4H3. The minimum atomic E-state index is 0.550. The first-order valence-electron chi connectivity index (χ1n) is 7.12. The summed E-state index contributed by atoms with van der Waals surface area (Å²) in [6.45, 7) is 4.71. The average molecular weight is 263 g/mol. The van der Waals surface area contributed by atoms with Crippen LogP contribution in [0.2, 0.25) is 0 Å².